The van der Waals surface area contributed by atoms with Crippen LogP contribution in [0.15, 0.2) is 41.6 Å². The molecule has 30 heavy (non-hydrogen) atoms. The fraction of sp³-hybridized carbons (Fsp3) is 0.318. The van der Waals surface area contributed by atoms with Gasteiger partial charge in [-0.2, -0.15) is 0 Å². The molecule has 0 saturated heterocycles. The van der Waals surface area contributed by atoms with E-state index in [1.807, 2.05) is 49.6 Å². The van der Waals surface area contributed by atoms with Crippen LogP contribution < -0.4 is 10.6 Å². The lowest BCUT2D eigenvalue weighted by Gasteiger charge is -2.21. The van der Waals surface area contributed by atoms with Crippen molar-refractivity contribution in [3.05, 3.63) is 64.1 Å². The van der Waals surface area contributed by atoms with Crippen LogP contribution in [0.25, 0.3) is 5.69 Å². The second kappa shape index (κ2) is 8.86. The molecule has 2 aromatic rings. The standard InChI is InChI=1S/C22H25N3O5/c1-5-29-21(27)18-11-23-22(28)24-19(18)12-30-20(26)17-10-14(3)25(15(17)4)16-8-6-7-13(2)9-16/h6-10H,5,11-12H2,1-4H3,(H2,23,24,28). The number of carbonyl (C=O) groups is 3. The molecule has 0 aliphatic carbocycles. The summed E-state index contributed by atoms with van der Waals surface area (Å²) in [6.07, 6.45) is 0. The summed E-state index contributed by atoms with van der Waals surface area (Å²) < 4.78 is 12.4. The van der Waals surface area contributed by atoms with Gasteiger partial charge in [0.05, 0.1) is 30.0 Å². The molecule has 0 saturated carbocycles. The number of amides is 2. The first kappa shape index (κ1) is 21.2. The quantitative estimate of drug-likeness (QED) is 0.712. The molecule has 1 aliphatic rings. The van der Waals surface area contributed by atoms with Gasteiger partial charge in [0.15, 0.2) is 0 Å². The van der Waals surface area contributed by atoms with Gasteiger partial charge in [-0.15, -0.1) is 0 Å². The van der Waals surface area contributed by atoms with E-state index in [9.17, 15) is 14.4 Å². The van der Waals surface area contributed by atoms with E-state index in [-0.39, 0.29) is 31.0 Å². The van der Waals surface area contributed by atoms with Crippen LogP contribution >= 0.6 is 0 Å². The van der Waals surface area contributed by atoms with Crippen molar-refractivity contribution < 1.29 is 23.9 Å². The number of ether oxygens (including phenoxy) is 2. The van der Waals surface area contributed by atoms with Gasteiger partial charge >= 0.3 is 18.0 Å². The van der Waals surface area contributed by atoms with Crippen LogP contribution in [0.1, 0.15) is 34.2 Å². The van der Waals surface area contributed by atoms with Gasteiger partial charge in [0.2, 0.25) is 0 Å². The zero-order valence-corrected chi connectivity index (χ0v) is 17.5. The molecule has 0 atom stereocenters. The number of nitrogens with zero attached hydrogens (tertiary/aromatic N) is 1. The summed E-state index contributed by atoms with van der Waals surface area (Å²) in [6, 6.07) is 9.28. The van der Waals surface area contributed by atoms with Gasteiger partial charge in [-0.05, 0) is 51.5 Å². The molecule has 1 aliphatic heterocycles. The first-order chi connectivity index (χ1) is 14.3. The number of rotatable bonds is 6. The first-order valence-corrected chi connectivity index (χ1v) is 9.69. The summed E-state index contributed by atoms with van der Waals surface area (Å²) in [4.78, 5) is 36.5. The maximum absolute atomic E-state index is 12.8. The maximum atomic E-state index is 12.8. The summed E-state index contributed by atoms with van der Waals surface area (Å²) in [6.45, 7) is 7.44. The number of aryl methyl sites for hydroxylation is 2. The van der Waals surface area contributed by atoms with Crippen molar-refractivity contribution in [3.63, 3.8) is 0 Å². The normalized spacial score (nSPS) is 13.5. The van der Waals surface area contributed by atoms with Crippen molar-refractivity contribution in [2.75, 3.05) is 19.8 Å². The SMILES string of the molecule is CCOC(=O)C1=C(COC(=O)c2cc(C)n(-c3cccc(C)c3)c2C)NC(=O)NC1. The summed E-state index contributed by atoms with van der Waals surface area (Å²) in [5.74, 6) is -1.10. The van der Waals surface area contributed by atoms with Gasteiger partial charge < -0.3 is 24.7 Å². The topological polar surface area (TPSA) is 98.7 Å². The molecular formula is C22H25N3O5. The molecule has 2 amide bonds. The largest absolute Gasteiger partial charge is 0.463 e. The number of nitrogens with one attached hydrogen (secondary N) is 2. The number of aromatic nitrogens is 1. The van der Waals surface area contributed by atoms with Crippen LogP contribution in [-0.4, -0.2) is 42.3 Å². The number of hydrogen-bond donors (Lipinski definition) is 2. The van der Waals surface area contributed by atoms with E-state index in [1.54, 1.807) is 13.0 Å². The molecule has 1 aromatic heterocycles. The molecule has 8 heteroatoms. The minimum Gasteiger partial charge on any atom is -0.463 e. The first-order valence-electron chi connectivity index (χ1n) is 9.69. The minimum atomic E-state index is -0.561. The van der Waals surface area contributed by atoms with Crippen molar-refractivity contribution in [1.29, 1.82) is 0 Å². The highest BCUT2D eigenvalue weighted by Gasteiger charge is 2.25. The average Bonchev–Trinajstić information content (AvgIpc) is 3.00. The highest BCUT2D eigenvalue weighted by molar-refractivity contribution is 5.94. The number of hydrogen-bond acceptors (Lipinski definition) is 5. The fourth-order valence-corrected chi connectivity index (χ4v) is 3.42. The van der Waals surface area contributed by atoms with Crippen LogP contribution in [0.3, 0.4) is 0 Å². The molecule has 0 spiro atoms. The minimum absolute atomic E-state index is 0.0133. The summed E-state index contributed by atoms with van der Waals surface area (Å²) in [5, 5.41) is 5.03. The van der Waals surface area contributed by atoms with Gasteiger partial charge in [-0.3, -0.25) is 0 Å². The van der Waals surface area contributed by atoms with Crippen molar-refractivity contribution in [3.8, 4) is 5.69 Å². The van der Waals surface area contributed by atoms with Crippen LogP contribution in [-0.2, 0) is 14.3 Å². The van der Waals surface area contributed by atoms with E-state index in [4.69, 9.17) is 9.47 Å². The Kier molecular flexibility index (Phi) is 6.25. The van der Waals surface area contributed by atoms with Crippen LogP contribution in [0.5, 0.6) is 0 Å². The lowest BCUT2D eigenvalue weighted by molar-refractivity contribution is -0.138. The van der Waals surface area contributed by atoms with E-state index >= 15 is 0 Å². The third kappa shape index (κ3) is 4.37. The molecule has 1 aromatic carbocycles. The molecule has 0 radical (unpaired) electrons. The highest BCUT2D eigenvalue weighted by atomic mass is 16.5. The number of benzene rings is 1. The maximum Gasteiger partial charge on any atom is 0.340 e. The Bertz CT molecular complexity index is 1040. The summed E-state index contributed by atoms with van der Waals surface area (Å²) in [5.41, 5.74) is 4.59. The molecule has 158 valence electrons. The van der Waals surface area contributed by atoms with Crippen LogP contribution in [0, 0.1) is 20.8 Å². The number of urea groups is 1. The van der Waals surface area contributed by atoms with Gasteiger partial charge in [0.1, 0.15) is 6.61 Å². The van der Waals surface area contributed by atoms with E-state index < -0.39 is 18.0 Å². The van der Waals surface area contributed by atoms with E-state index in [0.717, 1.165) is 22.6 Å². The monoisotopic (exact) mass is 411 g/mol. The second-order valence-corrected chi connectivity index (χ2v) is 7.02. The Morgan fingerprint density at radius 2 is 1.87 bits per heavy atom. The molecule has 0 unspecified atom stereocenters. The molecule has 0 fully saturated rings. The third-order valence-corrected chi connectivity index (χ3v) is 4.83. The van der Waals surface area contributed by atoms with Crippen molar-refractivity contribution in [1.82, 2.24) is 15.2 Å². The zero-order chi connectivity index (χ0) is 21.8. The highest BCUT2D eigenvalue weighted by Crippen LogP contribution is 2.22. The average molecular weight is 411 g/mol. The predicted octanol–water partition coefficient (Wildman–Crippen LogP) is 2.69. The molecule has 3 rings (SSSR count). The van der Waals surface area contributed by atoms with Crippen molar-refractivity contribution in [2.24, 2.45) is 0 Å². The smallest absolute Gasteiger partial charge is 0.340 e. The second-order valence-electron chi connectivity index (χ2n) is 7.02. The zero-order valence-electron chi connectivity index (χ0n) is 17.5. The predicted molar refractivity (Wildman–Crippen MR) is 110 cm³/mol. The molecule has 2 heterocycles. The summed E-state index contributed by atoms with van der Waals surface area (Å²) in [7, 11) is 0. The lowest BCUT2D eigenvalue weighted by Crippen LogP contribution is -2.45. The number of esters is 2. The van der Waals surface area contributed by atoms with Gasteiger partial charge in [0, 0.05) is 17.1 Å². The van der Waals surface area contributed by atoms with Gasteiger partial charge in [0.25, 0.3) is 0 Å². The Morgan fingerprint density at radius 1 is 1.10 bits per heavy atom. The molecular weight excluding hydrogens is 386 g/mol. The third-order valence-electron chi connectivity index (χ3n) is 4.83. The Labute approximate surface area is 174 Å². The van der Waals surface area contributed by atoms with Gasteiger partial charge in [-0.25, -0.2) is 14.4 Å². The lowest BCUT2D eigenvalue weighted by atomic mass is 10.1. The Morgan fingerprint density at radius 3 is 2.57 bits per heavy atom. The molecule has 0 bridgehead atoms. The van der Waals surface area contributed by atoms with Crippen LogP contribution in [0.4, 0.5) is 4.79 Å². The van der Waals surface area contributed by atoms with E-state index in [0.29, 0.717) is 5.56 Å². The molecule has 2 N–H and O–H groups in total. The van der Waals surface area contributed by atoms with Crippen molar-refractivity contribution >= 4 is 18.0 Å². The Hall–Kier alpha value is -3.55. The number of carbonyl (C=O) groups excluding carboxylic acids is 3. The van der Waals surface area contributed by atoms with Crippen LogP contribution in [0.2, 0.25) is 0 Å². The van der Waals surface area contributed by atoms with E-state index in [2.05, 4.69) is 10.6 Å². The Balaban J connectivity index is 1.82. The summed E-state index contributed by atoms with van der Waals surface area (Å²) >= 11 is 0. The van der Waals surface area contributed by atoms with Gasteiger partial charge in [-0.1, -0.05) is 12.1 Å². The fourth-order valence-electron chi connectivity index (χ4n) is 3.42. The van der Waals surface area contributed by atoms with E-state index in [1.165, 1.54) is 0 Å². The molecule has 8 nitrogen and oxygen atoms in total. The van der Waals surface area contributed by atoms with Crippen molar-refractivity contribution in [2.45, 2.75) is 27.7 Å².